The van der Waals surface area contributed by atoms with Crippen molar-refractivity contribution >= 4 is 16.9 Å². The van der Waals surface area contributed by atoms with Crippen LogP contribution in [-0.4, -0.2) is 60.4 Å². The third-order valence-electron chi connectivity index (χ3n) is 7.63. The summed E-state index contributed by atoms with van der Waals surface area (Å²) in [5, 5.41) is 0.978. The van der Waals surface area contributed by atoms with E-state index in [1.807, 2.05) is 37.3 Å². The molecule has 0 aliphatic carbocycles. The lowest BCUT2D eigenvalue weighted by molar-refractivity contribution is -0.159. The van der Waals surface area contributed by atoms with Crippen molar-refractivity contribution in [2.75, 3.05) is 40.0 Å². The third kappa shape index (κ3) is 5.48. The van der Waals surface area contributed by atoms with Gasteiger partial charge in [-0.2, -0.15) is 0 Å². The highest BCUT2D eigenvalue weighted by atomic mass is 16.6. The Bertz CT molecular complexity index is 1350. The minimum atomic E-state index is -0.557. The first-order valence-electron chi connectivity index (χ1n) is 13.3. The number of esters is 1. The minimum Gasteiger partial charge on any atom is -0.497 e. The van der Waals surface area contributed by atoms with Crippen molar-refractivity contribution in [1.82, 2.24) is 14.5 Å². The molecule has 38 heavy (non-hydrogen) atoms. The molecule has 9 heteroatoms. The molecule has 2 aromatic heterocycles. The monoisotopic (exact) mass is 521 g/mol. The van der Waals surface area contributed by atoms with Crippen LogP contribution in [0, 0.1) is 5.41 Å². The molecule has 5 rings (SSSR count). The zero-order valence-electron chi connectivity index (χ0n) is 22.1. The van der Waals surface area contributed by atoms with E-state index in [0.717, 1.165) is 35.4 Å². The molecule has 1 fully saturated rings. The molecule has 2 aliphatic heterocycles. The van der Waals surface area contributed by atoms with Crippen molar-refractivity contribution in [3.8, 4) is 17.2 Å². The van der Waals surface area contributed by atoms with Gasteiger partial charge in [0.2, 0.25) is 0 Å². The zero-order chi connectivity index (χ0) is 26.5. The molecular weight excluding hydrogens is 486 g/mol. The van der Waals surface area contributed by atoms with Crippen LogP contribution in [0.25, 0.3) is 10.9 Å². The number of rotatable bonds is 9. The zero-order valence-corrected chi connectivity index (χ0v) is 22.1. The number of aromatic nitrogens is 2. The summed E-state index contributed by atoms with van der Waals surface area (Å²) >= 11 is 0. The fraction of sp³-hybridized carbons (Fsp3) is 0.483. The molecule has 3 aromatic rings. The third-order valence-corrected chi connectivity index (χ3v) is 7.63. The number of methoxy groups -OCH3 is 1. The molecule has 0 unspecified atom stereocenters. The summed E-state index contributed by atoms with van der Waals surface area (Å²) in [6, 6.07) is 11.1. The lowest BCUT2D eigenvalue weighted by atomic mass is 9.74. The Kier molecular flexibility index (Phi) is 7.83. The number of fused-ring (bicyclic) bond motifs is 2. The molecule has 9 nitrogen and oxygen atoms in total. The summed E-state index contributed by atoms with van der Waals surface area (Å²) in [5.41, 5.74) is 1.14. The van der Waals surface area contributed by atoms with Crippen molar-refractivity contribution in [3.63, 3.8) is 0 Å². The summed E-state index contributed by atoms with van der Waals surface area (Å²) < 4.78 is 24.0. The van der Waals surface area contributed by atoms with Gasteiger partial charge in [-0.15, -0.1) is 0 Å². The van der Waals surface area contributed by atoms with E-state index in [1.165, 1.54) is 0 Å². The molecule has 0 radical (unpaired) electrons. The molecule has 0 bridgehead atoms. The number of benzene rings is 1. The second-order valence-corrected chi connectivity index (χ2v) is 9.95. The van der Waals surface area contributed by atoms with E-state index in [0.29, 0.717) is 70.1 Å². The van der Waals surface area contributed by atoms with E-state index in [1.54, 1.807) is 23.9 Å². The van der Waals surface area contributed by atoms with Gasteiger partial charge in [-0.05, 0) is 69.3 Å². The predicted molar refractivity (Wildman–Crippen MR) is 143 cm³/mol. The molecule has 202 valence electrons. The molecular formula is C29H35N3O6. The van der Waals surface area contributed by atoms with E-state index in [-0.39, 0.29) is 11.5 Å². The number of likely N-dealkylation sites (tertiary alicyclic amines) is 1. The van der Waals surface area contributed by atoms with Gasteiger partial charge in [-0.1, -0.05) is 0 Å². The van der Waals surface area contributed by atoms with Crippen molar-refractivity contribution in [2.24, 2.45) is 5.41 Å². The number of hydrogen-bond donors (Lipinski definition) is 0. The van der Waals surface area contributed by atoms with E-state index < -0.39 is 5.41 Å². The summed E-state index contributed by atoms with van der Waals surface area (Å²) in [7, 11) is 1.62. The first-order valence-corrected chi connectivity index (χ1v) is 13.3. The molecule has 0 spiro atoms. The largest absolute Gasteiger partial charge is 0.497 e. The lowest BCUT2D eigenvalue weighted by Crippen LogP contribution is -2.45. The second kappa shape index (κ2) is 11.4. The van der Waals surface area contributed by atoms with Crippen LogP contribution in [-0.2, 0) is 22.6 Å². The average molecular weight is 522 g/mol. The topological polar surface area (TPSA) is 92.1 Å². The Morgan fingerprint density at radius 3 is 2.61 bits per heavy atom. The highest BCUT2D eigenvalue weighted by molar-refractivity contribution is 5.80. The first kappa shape index (κ1) is 26.0. The smallest absolute Gasteiger partial charge is 0.312 e. The molecule has 4 heterocycles. The molecule has 0 amide bonds. The molecule has 0 N–H and O–H groups in total. The number of hydrogen-bond acceptors (Lipinski definition) is 8. The number of carbonyl (C=O) groups is 1. The van der Waals surface area contributed by atoms with Gasteiger partial charge in [0.15, 0.2) is 11.5 Å². The fourth-order valence-corrected chi connectivity index (χ4v) is 5.49. The Labute approximate surface area is 222 Å². The summed E-state index contributed by atoms with van der Waals surface area (Å²) in [6.45, 7) is 6.02. The molecule has 1 saturated heterocycles. The van der Waals surface area contributed by atoms with E-state index >= 15 is 0 Å². The summed E-state index contributed by atoms with van der Waals surface area (Å²) in [4.78, 5) is 32.8. The number of ether oxygens (including phenoxy) is 4. The van der Waals surface area contributed by atoms with Crippen molar-refractivity contribution < 1.29 is 23.7 Å². The summed E-state index contributed by atoms with van der Waals surface area (Å²) in [5.74, 6) is 1.99. The van der Waals surface area contributed by atoms with E-state index in [9.17, 15) is 9.59 Å². The Morgan fingerprint density at radius 2 is 1.84 bits per heavy atom. The van der Waals surface area contributed by atoms with Crippen molar-refractivity contribution in [2.45, 2.75) is 45.7 Å². The van der Waals surface area contributed by atoms with Crippen LogP contribution in [0.2, 0.25) is 0 Å². The van der Waals surface area contributed by atoms with Crippen LogP contribution in [0.5, 0.6) is 17.2 Å². The second-order valence-electron chi connectivity index (χ2n) is 9.95. The average Bonchev–Trinajstić information content (AvgIpc) is 2.95. The van der Waals surface area contributed by atoms with Gasteiger partial charge in [0.05, 0.1) is 36.5 Å². The fourth-order valence-electron chi connectivity index (χ4n) is 5.49. The molecule has 0 atom stereocenters. The predicted octanol–water partition coefficient (Wildman–Crippen LogP) is 3.80. The number of carbonyl (C=O) groups excluding carboxylic acids is 1. The SMILES string of the molecule is CCOC(=O)C1(CCCn2c(=O)ccc3ccc(OC)cc32)CCN(Cc2cc3c(cn2)OCCO3)CC1. The van der Waals surface area contributed by atoms with Gasteiger partial charge < -0.3 is 23.5 Å². The van der Waals surface area contributed by atoms with Gasteiger partial charge in [0.25, 0.3) is 5.56 Å². The van der Waals surface area contributed by atoms with Crippen LogP contribution in [0.15, 0.2) is 47.4 Å². The number of nitrogens with zero attached hydrogens (tertiary/aromatic N) is 3. The van der Waals surface area contributed by atoms with Gasteiger partial charge in [-0.25, -0.2) is 0 Å². The Morgan fingerprint density at radius 1 is 1.08 bits per heavy atom. The Hall–Kier alpha value is -3.59. The van der Waals surface area contributed by atoms with Crippen LogP contribution < -0.4 is 19.8 Å². The molecule has 0 saturated carbocycles. The number of piperidine rings is 1. The van der Waals surface area contributed by atoms with E-state index in [2.05, 4.69) is 9.88 Å². The van der Waals surface area contributed by atoms with Crippen molar-refractivity contribution in [3.05, 3.63) is 58.6 Å². The van der Waals surface area contributed by atoms with Crippen molar-refractivity contribution in [1.29, 1.82) is 0 Å². The first-order chi connectivity index (χ1) is 18.5. The quantitative estimate of drug-likeness (QED) is 0.393. The minimum absolute atomic E-state index is 0.0577. The van der Waals surface area contributed by atoms with Gasteiger partial charge in [0, 0.05) is 31.3 Å². The standard InChI is InChI=1S/C29H35N3O6/c1-3-36-28(34)29(9-4-12-32-24-18-23(35-2)7-5-21(24)6-8-27(32)33)10-13-31(14-11-29)20-22-17-25-26(19-30-22)38-16-15-37-25/h5-8,17-19H,3-4,9-16,20H2,1-2H3. The van der Waals surface area contributed by atoms with Crippen LogP contribution in [0.1, 0.15) is 38.3 Å². The maximum atomic E-state index is 13.2. The maximum Gasteiger partial charge on any atom is 0.312 e. The van der Waals surface area contributed by atoms with Gasteiger partial charge in [-0.3, -0.25) is 19.5 Å². The van der Waals surface area contributed by atoms with Gasteiger partial charge >= 0.3 is 5.97 Å². The van der Waals surface area contributed by atoms with Crippen LogP contribution >= 0.6 is 0 Å². The van der Waals surface area contributed by atoms with Crippen LogP contribution in [0.4, 0.5) is 0 Å². The summed E-state index contributed by atoms with van der Waals surface area (Å²) in [6.07, 6.45) is 4.48. The molecule has 1 aromatic carbocycles. The highest BCUT2D eigenvalue weighted by Gasteiger charge is 2.42. The van der Waals surface area contributed by atoms with Crippen LogP contribution in [0.3, 0.4) is 0 Å². The van der Waals surface area contributed by atoms with Gasteiger partial charge in [0.1, 0.15) is 19.0 Å². The van der Waals surface area contributed by atoms with E-state index in [4.69, 9.17) is 18.9 Å². The normalized spacial score (nSPS) is 16.8. The highest BCUT2D eigenvalue weighted by Crippen LogP contribution is 2.39. The number of pyridine rings is 2. The lowest BCUT2D eigenvalue weighted by Gasteiger charge is -2.40. The number of aryl methyl sites for hydroxylation is 1. The Balaban J connectivity index is 1.26. The maximum absolute atomic E-state index is 13.2. The molecule has 2 aliphatic rings.